The van der Waals surface area contributed by atoms with Crippen molar-refractivity contribution in [3.63, 3.8) is 0 Å². The number of rotatable bonds is 13. The summed E-state index contributed by atoms with van der Waals surface area (Å²) in [4.78, 5) is 63.4. The number of carboxylic acids is 1. The molecule has 0 saturated carbocycles. The first kappa shape index (κ1) is 27.3. The van der Waals surface area contributed by atoms with Crippen LogP contribution in [0, 0.1) is 0 Å². The normalized spacial score (nSPS) is 14.4. The first-order valence-corrected chi connectivity index (χ1v) is 10.9. The van der Waals surface area contributed by atoms with Gasteiger partial charge in [0.15, 0.2) is 0 Å². The number of para-hydroxylation sites is 1. The van der Waals surface area contributed by atoms with E-state index in [1.807, 2.05) is 18.2 Å². The van der Waals surface area contributed by atoms with Crippen LogP contribution in [0.1, 0.15) is 25.3 Å². The van der Waals surface area contributed by atoms with Gasteiger partial charge in [-0.15, -0.1) is 0 Å². The van der Waals surface area contributed by atoms with Gasteiger partial charge < -0.3 is 42.6 Å². The predicted molar refractivity (Wildman–Crippen MR) is 125 cm³/mol. The van der Waals surface area contributed by atoms with Crippen LogP contribution in [-0.4, -0.2) is 75.6 Å². The molecule has 0 bridgehead atoms. The maximum absolute atomic E-state index is 12.9. The third-order valence-corrected chi connectivity index (χ3v) is 5.26. The number of hydrogen-bond donors (Lipinski definition) is 8. The number of aliphatic carboxylic acids is 1. The summed E-state index contributed by atoms with van der Waals surface area (Å²) in [6.45, 7) is 0.595. The first-order valence-electron chi connectivity index (χ1n) is 10.9. The Bertz CT molecular complexity index is 1080. The number of benzene rings is 1. The van der Waals surface area contributed by atoms with E-state index in [-0.39, 0.29) is 19.3 Å². The predicted octanol–water partition coefficient (Wildman–Crippen LogP) is -2.15. The van der Waals surface area contributed by atoms with E-state index >= 15 is 0 Å². The lowest BCUT2D eigenvalue weighted by molar-refractivity contribution is -0.142. The largest absolute Gasteiger partial charge is 0.480 e. The maximum atomic E-state index is 12.9. The molecule has 13 nitrogen and oxygen atoms in total. The number of carboxylic acid groups (broad SMARTS) is 1. The number of aliphatic hydroxyl groups is 1. The molecular formula is C22H30N6O7. The molecule has 4 amide bonds. The minimum Gasteiger partial charge on any atom is -0.480 e. The summed E-state index contributed by atoms with van der Waals surface area (Å²) in [5.74, 6) is -4.55. The highest BCUT2D eigenvalue weighted by molar-refractivity contribution is 5.94. The van der Waals surface area contributed by atoms with Crippen LogP contribution in [0.5, 0.6) is 0 Å². The monoisotopic (exact) mass is 490 g/mol. The van der Waals surface area contributed by atoms with Gasteiger partial charge in [0, 0.05) is 29.9 Å². The summed E-state index contributed by atoms with van der Waals surface area (Å²) >= 11 is 0. The van der Waals surface area contributed by atoms with E-state index in [0.29, 0.717) is 5.56 Å². The highest BCUT2D eigenvalue weighted by atomic mass is 16.4. The van der Waals surface area contributed by atoms with Gasteiger partial charge in [-0.3, -0.25) is 19.2 Å². The van der Waals surface area contributed by atoms with Crippen molar-refractivity contribution in [1.29, 1.82) is 0 Å². The van der Waals surface area contributed by atoms with Gasteiger partial charge in [-0.2, -0.15) is 0 Å². The number of nitrogens with two attached hydrogens (primary N) is 2. The van der Waals surface area contributed by atoms with E-state index in [2.05, 4.69) is 20.9 Å². The van der Waals surface area contributed by atoms with Gasteiger partial charge in [0.1, 0.15) is 18.1 Å². The minimum atomic E-state index is -1.42. The van der Waals surface area contributed by atoms with Crippen LogP contribution >= 0.6 is 0 Å². The fraction of sp³-hybridized carbons (Fsp3) is 0.409. The Labute approximate surface area is 200 Å². The molecule has 1 aromatic carbocycles. The zero-order chi connectivity index (χ0) is 26.1. The Morgan fingerprint density at radius 1 is 0.971 bits per heavy atom. The fourth-order valence-corrected chi connectivity index (χ4v) is 3.32. The number of carbonyl (C=O) groups is 5. The zero-order valence-electron chi connectivity index (χ0n) is 19.1. The summed E-state index contributed by atoms with van der Waals surface area (Å²) in [6, 6.07) is 2.17. The van der Waals surface area contributed by atoms with E-state index in [4.69, 9.17) is 11.5 Å². The van der Waals surface area contributed by atoms with E-state index in [0.717, 1.165) is 10.9 Å². The molecule has 190 valence electrons. The standard InChI is InChI=1S/C22H30N6O7/c1-11(23)19(31)28-17(10-29)21(33)26-15(6-7-18(24)30)20(32)27-16(22(34)35)8-12-9-25-14-5-3-2-4-13(12)14/h2-5,9,11,15-17,25,29H,6-8,10,23H2,1H3,(H2,24,30)(H,26,33)(H,27,32)(H,28,31)(H,34,35). The zero-order valence-corrected chi connectivity index (χ0v) is 19.1. The van der Waals surface area contributed by atoms with E-state index in [1.54, 1.807) is 12.3 Å². The quantitative estimate of drug-likeness (QED) is 0.154. The van der Waals surface area contributed by atoms with Gasteiger partial charge in [-0.05, 0) is 25.0 Å². The van der Waals surface area contributed by atoms with E-state index in [9.17, 15) is 34.2 Å². The third kappa shape index (κ3) is 7.79. The fourth-order valence-electron chi connectivity index (χ4n) is 3.32. The molecule has 0 aliphatic heterocycles. The lowest BCUT2D eigenvalue weighted by Crippen LogP contribution is -2.58. The van der Waals surface area contributed by atoms with Crippen molar-refractivity contribution in [1.82, 2.24) is 20.9 Å². The average molecular weight is 491 g/mol. The van der Waals surface area contributed by atoms with Gasteiger partial charge in [0.25, 0.3) is 0 Å². The van der Waals surface area contributed by atoms with Crippen molar-refractivity contribution in [2.75, 3.05) is 6.61 Å². The van der Waals surface area contributed by atoms with Crippen LogP contribution in [0.3, 0.4) is 0 Å². The smallest absolute Gasteiger partial charge is 0.326 e. The number of fused-ring (bicyclic) bond motifs is 1. The van der Waals surface area contributed by atoms with Crippen LogP contribution in [0.2, 0.25) is 0 Å². The van der Waals surface area contributed by atoms with Crippen molar-refractivity contribution in [3.05, 3.63) is 36.0 Å². The highest BCUT2D eigenvalue weighted by Crippen LogP contribution is 2.19. The summed E-state index contributed by atoms with van der Waals surface area (Å²) < 4.78 is 0. The molecule has 10 N–H and O–H groups in total. The number of carbonyl (C=O) groups excluding carboxylic acids is 4. The highest BCUT2D eigenvalue weighted by Gasteiger charge is 2.30. The second-order valence-electron chi connectivity index (χ2n) is 8.06. The number of aromatic nitrogens is 1. The molecule has 0 radical (unpaired) electrons. The number of nitrogens with one attached hydrogen (secondary N) is 4. The van der Waals surface area contributed by atoms with Crippen LogP contribution in [0.25, 0.3) is 10.9 Å². The summed E-state index contributed by atoms with van der Waals surface area (Å²) in [5, 5.41) is 26.9. The molecule has 1 aromatic heterocycles. The van der Waals surface area contributed by atoms with Crippen LogP contribution in [0.15, 0.2) is 30.5 Å². The topological polar surface area (TPSA) is 230 Å². The molecule has 0 spiro atoms. The summed E-state index contributed by atoms with van der Waals surface area (Å²) in [6.07, 6.45) is 1.08. The molecule has 2 aromatic rings. The maximum Gasteiger partial charge on any atom is 0.326 e. The summed E-state index contributed by atoms with van der Waals surface area (Å²) in [7, 11) is 0. The number of primary amides is 1. The molecule has 0 aliphatic rings. The number of hydrogen-bond acceptors (Lipinski definition) is 7. The molecule has 0 aliphatic carbocycles. The van der Waals surface area contributed by atoms with Crippen molar-refractivity contribution in [2.24, 2.45) is 11.5 Å². The van der Waals surface area contributed by atoms with Gasteiger partial charge in [-0.1, -0.05) is 18.2 Å². The molecule has 13 heteroatoms. The Balaban J connectivity index is 2.16. The molecule has 0 fully saturated rings. The number of aromatic amines is 1. The van der Waals surface area contributed by atoms with Crippen LogP contribution < -0.4 is 27.4 Å². The SMILES string of the molecule is CC(N)C(=O)NC(CO)C(=O)NC(CCC(N)=O)C(=O)NC(Cc1c[nH]c2ccccc12)C(=O)O. The number of aliphatic hydroxyl groups excluding tert-OH is 1. The lowest BCUT2D eigenvalue weighted by atomic mass is 10.0. The Morgan fingerprint density at radius 2 is 1.57 bits per heavy atom. The lowest BCUT2D eigenvalue weighted by Gasteiger charge is -2.24. The minimum absolute atomic E-state index is 0.0503. The van der Waals surface area contributed by atoms with Crippen LogP contribution in [0.4, 0.5) is 0 Å². The van der Waals surface area contributed by atoms with Gasteiger partial charge >= 0.3 is 5.97 Å². The van der Waals surface area contributed by atoms with Crippen molar-refractivity contribution >= 4 is 40.5 Å². The number of amides is 4. The Hall–Kier alpha value is -3.97. The van der Waals surface area contributed by atoms with Gasteiger partial charge in [-0.25, -0.2) is 4.79 Å². The third-order valence-electron chi connectivity index (χ3n) is 5.26. The second kappa shape index (κ2) is 12.5. The molecule has 4 atom stereocenters. The molecule has 2 rings (SSSR count). The molecule has 1 heterocycles. The van der Waals surface area contributed by atoms with Gasteiger partial charge in [0.05, 0.1) is 12.6 Å². The summed E-state index contributed by atoms with van der Waals surface area (Å²) in [5.41, 5.74) is 12.1. The van der Waals surface area contributed by atoms with Crippen molar-refractivity contribution < 1.29 is 34.2 Å². The Kier molecular flexibility index (Phi) is 9.73. The molecule has 4 unspecified atom stereocenters. The molecular weight excluding hydrogens is 460 g/mol. The van der Waals surface area contributed by atoms with Crippen LogP contribution in [-0.2, 0) is 30.4 Å². The number of H-pyrrole nitrogens is 1. The van der Waals surface area contributed by atoms with Gasteiger partial charge in [0.2, 0.25) is 23.6 Å². The molecule has 35 heavy (non-hydrogen) atoms. The van der Waals surface area contributed by atoms with Crippen molar-refractivity contribution in [2.45, 2.75) is 50.4 Å². The van der Waals surface area contributed by atoms with E-state index in [1.165, 1.54) is 6.92 Å². The Morgan fingerprint density at radius 3 is 2.17 bits per heavy atom. The molecule has 0 saturated heterocycles. The average Bonchev–Trinajstić information content (AvgIpc) is 3.21. The first-order chi connectivity index (χ1) is 16.5. The van der Waals surface area contributed by atoms with Crippen molar-refractivity contribution in [3.8, 4) is 0 Å². The van der Waals surface area contributed by atoms with E-state index < -0.39 is 60.4 Å². The second-order valence-corrected chi connectivity index (χ2v) is 8.06.